The second-order valence-electron chi connectivity index (χ2n) is 7.16. The van der Waals surface area contributed by atoms with Crippen molar-refractivity contribution in [3.05, 3.63) is 112 Å². The summed E-state index contributed by atoms with van der Waals surface area (Å²) in [4.78, 5) is 0. The molecular formula is C26H30. The van der Waals surface area contributed by atoms with Crippen LogP contribution in [0.2, 0.25) is 0 Å². The molecule has 0 bridgehead atoms. The van der Waals surface area contributed by atoms with E-state index in [0.29, 0.717) is 0 Å². The van der Waals surface area contributed by atoms with Crippen LogP contribution in [0, 0.1) is 34.6 Å². The van der Waals surface area contributed by atoms with Crippen LogP contribution in [0.25, 0.3) is 6.08 Å². The van der Waals surface area contributed by atoms with Gasteiger partial charge in [0, 0.05) is 0 Å². The number of hydrogen-bond donors (Lipinski definition) is 0. The molecule has 0 heterocycles. The minimum Gasteiger partial charge on any atom is -0.0985 e. The average molecular weight is 343 g/mol. The maximum Gasteiger partial charge on any atom is -0.00198 e. The molecule has 0 spiro atoms. The van der Waals surface area contributed by atoms with E-state index < -0.39 is 0 Å². The maximum absolute atomic E-state index is 3.89. The summed E-state index contributed by atoms with van der Waals surface area (Å²) in [7, 11) is 0. The molecular weight excluding hydrogens is 312 g/mol. The molecule has 3 aromatic carbocycles. The van der Waals surface area contributed by atoms with Crippen molar-refractivity contribution in [3.8, 4) is 0 Å². The lowest BCUT2D eigenvalue weighted by molar-refractivity contribution is 1.17. The van der Waals surface area contributed by atoms with Crippen molar-refractivity contribution in [2.45, 2.75) is 41.0 Å². The van der Waals surface area contributed by atoms with Crippen LogP contribution in [-0.4, -0.2) is 0 Å². The number of aryl methyl sites for hydroxylation is 5. The van der Waals surface area contributed by atoms with Gasteiger partial charge in [-0.2, -0.15) is 0 Å². The van der Waals surface area contributed by atoms with Crippen LogP contribution in [0.4, 0.5) is 0 Å². The first kappa shape index (κ1) is 19.7. The number of rotatable bonds is 3. The van der Waals surface area contributed by atoms with Gasteiger partial charge in [-0.1, -0.05) is 90.0 Å². The van der Waals surface area contributed by atoms with E-state index in [4.69, 9.17) is 0 Å². The number of hydrogen-bond acceptors (Lipinski definition) is 0. The predicted molar refractivity (Wildman–Crippen MR) is 116 cm³/mol. The molecule has 0 saturated heterocycles. The third kappa shape index (κ3) is 5.74. The van der Waals surface area contributed by atoms with E-state index in [-0.39, 0.29) is 0 Å². The van der Waals surface area contributed by atoms with Gasteiger partial charge < -0.3 is 0 Å². The van der Waals surface area contributed by atoms with Crippen LogP contribution in [0.5, 0.6) is 0 Å². The highest BCUT2D eigenvalue weighted by atomic mass is 14.1. The van der Waals surface area contributed by atoms with Gasteiger partial charge in [0.1, 0.15) is 0 Å². The van der Waals surface area contributed by atoms with Gasteiger partial charge in [-0.25, -0.2) is 0 Å². The largest absolute Gasteiger partial charge is 0.0985 e. The number of benzene rings is 3. The zero-order chi connectivity index (χ0) is 19.1. The van der Waals surface area contributed by atoms with E-state index in [1.807, 2.05) is 6.08 Å². The Hall–Kier alpha value is -2.60. The molecule has 0 aliphatic rings. The first-order valence-corrected chi connectivity index (χ1v) is 9.20. The van der Waals surface area contributed by atoms with Crippen LogP contribution in [0.1, 0.15) is 44.5 Å². The summed E-state index contributed by atoms with van der Waals surface area (Å²) in [6.45, 7) is 14.5. The zero-order valence-electron chi connectivity index (χ0n) is 16.8. The Bertz CT molecular complexity index is 867. The molecule has 26 heavy (non-hydrogen) atoms. The Kier molecular flexibility index (Phi) is 6.97. The molecule has 0 radical (unpaired) electrons. The van der Waals surface area contributed by atoms with E-state index in [0.717, 1.165) is 6.42 Å². The molecule has 3 rings (SSSR count). The molecule has 0 atom stereocenters. The lowest BCUT2D eigenvalue weighted by Crippen LogP contribution is -1.92. The maximum atomic E-state index is 3.89. The van der Waals surface area contributed by atoms with E-state index in [9.17, 15) is 0 Å². The van der Waals surface area contributed by atoms with Crippen LogP contribution < -0.4 is 0 Å². The molecule has 0 unspecified atom stereocenters. The van der Waals surface area contributed by atoms with E-state index in [1.165, 1.54) is 44.5 Å². The highest BCUT2D eigenvalue weighted by Crippen LogP contribution is 2.17. The van der Waals surface area contributed by atoms with Crippen molar-refractivity contribution < 1.29 is 0 Å². The summed E-state index contributed by atoms with van der Waals surface area (Å²) >= 11 is 0. The highest BCUT2D eigenvalue weighted by molar-refractivity contribution is 5.54. The molecule has 0 aromatic heterocycles. The first-order valence-electron chi connectivity index (χ1n) is 9.20. The standard InChI is InChI=1S/C17H18.C9H12/c1-4-16-11-14(3)7-10-17(16)12-15-8-5-13(2)6-9-15;1-7-4-5-8(2)9(3)6-7/h4-11H,1,12H2,2-3H3;4-6H,1-3H3. The zero-order valence-corrected chi connectivity index (χ0v) is 16.8. The van der Waals surface area contributed by atoms with Gasteiger partial charge in [-0.3, -0.25) is 0 Å². The molecule has 0 heteroatoms. The second kappa shape index (κ2) is 9.20. The Morgan fingerprint density at radius 2 is 1.23 bits per heavy atom. The molecule has 0 fully saturated rings. The molecule has 0 amide bonds. The Balaban J connectivity index is 0.000000228. The Labute approximate surface area is 159 Å². The van der Waals surface area contributed by atoms with E-state index in [1.54, 1.807) is 0 Å². The molecule has 0 nitrogen and oxygen atoms in total. The summed E-state index contributed by atoms with van der Waals surface area (Å²) in [5, 5.41) is 0. The fourth-order valence-corrected chi connectivity index (χ4v) is 2.88. The van der Waals surface area contributed by atoms with Crippen molar-refractivity contribution >= 4 is 6.08 Å². The van der Waals surface area contributed by atoms with Crippen molar-refractivity contribution in [1.29, 1.82) is 0 Å². The van der Waals surface area contributed by atoms with Gasteiger partial charge in [0.25, 0.3) is 0 Å². The summed E-state index contributed by atoms with van der Waals surface area (Å²) in [5.74, 6) is 0. The fourth-order valence-electron chi connectivity index (χ4n) is 2.88. The topological polar surface area (TPSA) is 0 Å². The SMILES string of the molecule is C=Cc1cc(C)ccc1Cc1ccc(C)cc1.Cc1ccc(C)c(C)c1. The summed E-state index contributed by atoms with van der Waals surface area (Å²) in [6, 6.07) is 21.8. The third-order valence-electron chi connectivity index (χ3n) is 4.70. The van der Waals surface area contributed by atoms with Crippen molar-refractivity contribution in [2.24, 2.45) is 0 Å². The van der Waals surface area contributed by atoms with E-state index in [2.05, 4.69) is 102 Å². The molecule has 0 aliphatic carbocycles. The van der Waals surface area contributed by atoms with Crippen molar-refractivity contribution in [2.75, 3.05) is 0 Å². The average Bonchev–Trinajstić information content (AvgIpc) is 2.62. The van der Waals surface area contributed by atoms with Gasteiger partial charge in [-0.05, 0) is 68.9 Å². The highest BCUT2D eigenvalue weighted by Gasteiger charge is 2.01. The fraction of sp³-hybridized carbons (Fsp3) is 0.231. The molecule has 3 aromatic rings. The van der Waals surface area contributed by atoms with Crippen LogP contribution >= 0.6 is 0 Å². The molecule has 0 N–H and O–H groups in total. The molecule has 0 aliphatic heterocycles. The van der Waals surface area contributed by atoms with Crippen molar-refractivity contribution in [3.63, 3.8) is 0 Å². The first-order chi connectivity index (χ1) is 12.4. The Morgan fingerprint density at radius 3 is 1.81 bits per heavy atom. The molecule has 0 saturated carbocycles. The van der Waals surface area contributed by atoms with Crippen LogP contribution in [0.15, 0.2) is 67.2 Å². The van der Waals surface area contributed by atoms with Crippen LogP contribution in [0.3, 0.4) is 0 Å². The Morgan fingerprint density at radius 1 is 0.654 bits per heavy atom. The smallest absolute Gasteiger partial charge is 0.00198 e. The lowest BCUT2D eigenvalue weighted by Gasteiger charge is -2.08. The minimum atomic E-state index is 0.974. The minimum absolute atomic E-state index is 0.974. The van der Waals surface area contributed by atoms with E-state index >= 15 is 0 Å². The third-order valence-corrected chi connectivity index (χ3v) is 4.70. The van der Waals surface area contributed by atoms with Crippen molar-refractivity contribution in [1.82, 2.24) is 0 Å². The van der Waals surface area contributed by atoms with Gasteiger partial charge in [0.05, 0.1) is 0 Å². The monoisotopic (exact) mass is 342 g/mol. The van der Waals surface area contributed by atoms with Crippen LogP contribution in [-0.2, 0) is 6.42 Å². The summed E-state index contributed by atoms with van der Waals surface area (Å²) in [5.41, 5.74) is 10.6. The van der Waals surface area contributed by atoms with Gasteiger partial charge >= 0.3 is 0 Å². The second-order valence-corrected chi connectivity index (χ2v) is 7.16. The molecule has 134 valence electrons. The summed E-state index contributed by atoms with van der Waals surface area (Å²) < 4.78 is 0. The van der Waals surface area contributed by atoms with Gasteiger partial charge in [0.2, 0.25) is 0 Å². The normalized spacial score (nSPS) is 10.0. The lowest BCUT2D eigenvalue weighted by atomic mass is 9.97. The van der Waals surface area contributed by atoms with Gasteiger partial charge in [-0.15, -0.1) is 0 Å². The predicted octanol–water partition coefficient (Wildman–Crippen LogP) is 7.15. The van der Waals surface area contributed by atoms with Gasteiger partial charge in [0.15, 0.2) is 0 Å². The summed E-state index contributed by atoms with van der Waals surface area (Å²) in [6.07, 6.45) is 2.92. The quantitative estimate of drug-likeness (QED) is 0.474.